The summed E-state index contributed by atoms with van der Waals surface area (Å²) in [7, 11) is -0.667. The lowest BCUT2D eigenvalue weighted by Gasteiger charge is -2.32. The predicted octanol–water partition coefficient (Wildman–Crippen LogP) is 2.93. The molecule has 26 heavy (non-hydrogen) atoms. The van der Waals surface area contributed by atoms with E-state index >= 15 is 0 Å². The Labute approximate surface area is 156 Å². The molecule has 1 aromatic rings. The van der Waals surface area contributed by atoms with Gasteiger partial charge in [0.1, 0.15) is 5.82 Å². The summed E-state index contributed by atoms with van der Waals surface area (Å²) in [5, 5.41) is 0. The number of hydrogen-bond acceptors (Lipinski definition) is 3. The summed E-state index contributed by atoms with van der Waals surface area (Å²) >= 11 is 0. The molecule has 6 heteroatoms. The fraction of sp³-hybridized carbons (Fsp3) is 0.650. The van der Waals surface area contributed by atoms with E-state index in [2.05, 4.69) is 6.92 Å². The molecule has 2 aliphatic heterocycles. The summed E-state index contributed by atoms with van der Waals surface area (Å²) in [6, 6.07) is 4.51. The van der Waals surface area contributed by atoms with Crippen molar-refractivity contribution in [3.05, 3.63) is 29.6 Å². The molecule has 2 saturated heterocycles. The maximum atomic E-state index is 13.9. The van der Waals surface area contributed by atoms with Gasteiger partial charge in [0.15, 0.2) is 0 Å². The molecule has 0 bridgehead atoms. The number of amides is 1. The van der Waals surface area contributed by atoms with Gasteiger partial charge in [-0.15, -0.1) is 0 Å². The molecule has 142 valence electrons. The Morgan fingerprint density at radius 1 is 1.19 bits per heavy atom. The minimum atomic E-state index is -0.667. The SMILES string of the molecule is CC1CCN(C(=O)Cc2ccc(F)cc2B2OC(C)(C)C(C)(C)O2)CC1. The van der Waals surface area contributed by atoms with E-state index in [-0.39, 0.29) is 18.1 Å². The van der Waals surface area contributed by atoms with E-state index in [1.165, 1.54) is 12.1 Å². The van der Waals surface area contributed by atoms with E-state index in [4.69, 9.17) is 9.31 Å². The van der Waals surface area contributed by atoms with Gasteiger partial charge in [-0.25, -0.2) is 4.39 Å². The number of likely N-dealkylation sites (tertiary alicyclic amines) is 1. The molecule has 0 atom stereocenters. The van der Waals surface area contributed by atoms with Gasteiger partial charge in [-0.3, -0.25) is 4.79 Å². The summed E-state index contributed by atoms with van der Waals surface area (Å²) in [6.07, 6.45) is 2.33. The summed E-state index contributed by atoms with van der Waals surface area (Å²) < 4.78 is 26.1. The van der Waals surface area contributed by atoms with Crippen molar-refractivity contribution in [1.82, 2.24) is 4.90 Å². The van der Waals surface area contributed by atoms with Crippen molar-refractivity contribution in [1.29, 1.82) is 0 Å². The zero-order valence-corrected chi connectivity index (χ0v) is 16.5. The van der Waals surface area contributed by atoms with Crippen LogP contribution in [-0.4, -0.2) is 42.2 Å². The van der Waals surface area contributed by atoms with Crippen LogP contribution in [0.4, 0.5) is 4.39 Å². The van der Waals surface area contributed by atoms with E-state index in [1.807, 2.05) is 32.6 Å². The van der Waals surface area contributed by atoms with Crippen LogP contribution < -0.4 is 5.46 Å². The fourth-order valence-corrected chi connectivity index (χ4v) is 3.45. The van der Waals surface area contributed by atoms with Crippen molar-refractivity contribution in [2.24, 2.45) is 5.92 Å². The lowest BCUT2D eigenvalue weighted by molar-refractivity contribution is -0.131. The van der Waals surface area contributed by atoms with Crippen LogP contribution in [0.5, 0.6) is 0 Å². The second-order valence-electron chi connectivity index (χ2n) is 8.67. The number of benzene rings is 1. The molecular weight excluding hydrogens is 332 g/mol. The average molecular weight is 361 g/mol. The molecule has 2 heterocycles. The van der Waals surface area contributed by atoms with Crippen LogP contribution in [0.1, 0.15) is 53.0 Å². The second kappa shape index (κ2) is 6.97. The highest BCUT2D eigenvalue weighted by atomic mass is 19.1. The molecular formula is C20H29BFNO3. The Kier molecular flexibility index (Phi) is 5.19. The molecule has 1 aromatic carbocycles. The van der Waals surface area contributed by atoms with Gasteiger partial charge in [0.05, 0.1) is 17.6 Å². The largest absolute Gasteiger partial charge is 0.495 e. The normalized spacial score (nSPS) is 22.7. The lowest BCUT2D eigenvalue weighted by atomic mass is 9.75. The minimum Gasteiger partial charge on any atom is -0.399 e. The van der Waals surface area contributed by atoms with Gasteiger partial charge in [-0.2, -0.15) is 0 Å². The molecule has 2 fully saturated rings. The van der Waals surface area contributed by atoms with Crippen LogP contribution in [-0.2, 0) is 20.5 Å². The van der Waals surface area contributed by atoms with E-state index in [0.717, 1.165) is 31.5 Å². The van der Waals surface area contributed by atoms with Gasteiger partial charge in [0, 0.05) is 13.1 Å². The molecule has 0 aromatic heterocycles. The Morgan fingerprint density at radius 3 is 2.35 bits per heavy atom. The van der Waals surface area contributed by atoms with E-state index in [1.54, 1.807) is 6.07 Å². The van der Waals surface area contributed by atoms with Gasteiger partial charge in [0.25, 0.3) is 0 Å². The first-order valence-corrected chi connectivity index (χ1v) is 9.51. The van der Waals surface area contributed by atoms with Crippen LogP contribution in [0.3, 0.4) is 0 Å². The van der Waals surface area contributed by atoms with Crippen molar-refractivity contribution in [2.75, 3.05) is 13.1 Å². The minimum absolute atomic E-state index is 0.0845. The van der Waals surface area contributed by atoms with Crippen LogP contribution >= 0.6 is 0 Å². The van der Waals surface area contributed by atoms with E-state index < -0.39 is 18.3 Å². The molecule has 1 amide bonds. The van der Waals surface area contributed by atoms with Crippen LogP contribution in [0.25, 0.3) is 0 Å². The van der Waals surface area contributed by atoms with Crippen LogP contribution in [0.15, 0.2) is 18.2 Å². The quantitative estimate of drug-likeness (QED) is 0.777. The van der Waals surface area contributed by atoms with Crippen molar-refractivity contribution in [3.8, 4) is 0 Å². The zero-order chi connectivity index (χ0) is 19.1. The molecule has 2 aliphatic rings. The van der Waals surface area contributed by atoms with Gasteiger partial charge in [-0.1, -0.05) is 13.0 Å². The second-order valence-corrected chi connectivity index (χ2v) is 8.67. The van der Waals surface area contributed by atoms with Gasteiger partial charge in [0.2, 0.25) is 5.91 Å². The number of hydrogen-bond donors (Lipinski definition) is 0. The number of rotatable bonds is 3. The first-order valence-electron chi connectivity index (χ1n) is 9.51. The first-order chi connectivity index (χ1) is 12.1. The van der Waals surface area contributed by atoms with Crippen LogP contribution in [0.2, 0.25) is 0 Å². The topological polar surface area (TPSA) is 38.8 Å². The average Bonchev–Trinajstić information content (AvgIpc) is 2.77. The third-order valence-corrected chi connectivity index (χ3v) is 6.09. The Bertz CT molecular complexity index is 668. The Hall–Kier alpha value is -1.40. The highest BCUT2D eigenvalue weighted by molar-refractivity contribution is 6.62. The molecule has 0 aliphatic carbocycles. The summed E-state index contributed by atoms with van der Waals surface area (Å²) in [5.74, 6) is 0.407. The molecule has 0 saturated carbocycles. The van der Waals surface area contributed by atoms with Crippen molar-refractivity contribution >= 4 is 18.5 Å². The first kappa shape index (κ1) is 19.4. The van der Waals surface area contributed by atoms with Crippen molar-refractivity contribution in [3.63, 3.8) is 0 Å². The van der Waals surface area contributed by atoms with Gasteiger partial charge in [-0.05, 0) is 69.6 Å². The smallest absolute Gasteiger partial charge is 0.399 e. The third-order valence-electron chi connectivity index (χ3n) is 6.09. The maximum Gasteiger partial charge on any atom is 0.495 e. The monoisotopic (exact) mass is 361 g/mol. The van der Waals surface area contributed by atoms with Crippen molar-refractivity contribution < 1.29 is 18.5 Å². The number of carbonyl (C=O) groups is 1. The predicted molar refractivity (Wildman–Crippen MR) is 101 cm³/mol. The Balaban J connectivity index is 1.80. The highest BCUT2D eigenvalue weighted by Crippen LogP contribution is 2.36. The van der Waals surface area contributed by atoms with E-state index in [9.17, 15) is 9.18 Å². The standard InChI is InChI=1S/C20H29BFNO3/c1-14-8-10-23(11-9-14)18(24)12-15-6-7-16(22)13-17(15)21-25-19(2,3)20(4,5)26-21/h6-7,13-14H,8-12H2,1-5H3. The van der Waals surface area contributed by atoms with E-state index in [0.29, 0.717) is 11.4 Å². The summed E-state index contributed by atoms with van der Waals surface area (Å²) in [5.41, 5.74) is 0.374. The summed E-state index contributed by atoms with van der Waals surface area (Å²) in [4.78, 5) is 14.6. The molecule has 0 N–H and O–H groups in total. The zero-order valence-electron chi connectivity index (χ0n) is 16.5. The fourth-order valence-electron chi connectivity index (χ4n) is 3.45. The molecule has 4 nitrogen and oxygen atoms in total. The van der Waals surface area contributed by atoms with Crippen molar-refractivity contribution in [2.45, 2.75) is 65.1 Å². The molecule has 3 rings (SSSR count). The Morgan fingerprint density at radius 2 is 1.77 bits per heavy atom. The number of halogens is 1. The van der Waals surface area contributed by atoms with Crippen LogP contribution in [0, 0.1) is 11.7 Å². The lowest BCUT2D eigenvalue weighted by Crippen LogP contribution is -2.41. The number of carbonyl (C=O) groups excluding carboxylic acids is 1. The highest BCUT2D eigenvalue weighted by Gasteiger charge is 2.52. The molecule has 0 radical (unpaired) electrons. The number of nitrogens with zero attached hydrogens (tertiary/aromatic N) is 1. The van der Waals surface area contributed by atoms with Gasteiger partial charge < -0.3 is 14.2 Å². The summed E-state index contributed by atoms with van der Waals surface area (Å²) in [6.45, 7) is 11.7. The van der Waals surface area contributed by atoms with Gasteiger partial charge >= 0.3 is 7.12 Å². The maximum absolute atomic E-state index is 13.9. The number of piperidine rings is 1. The molecule has 0 unspecified atom stereocenters. The molecule has 0 spiro atoms. The third kappa shape index (κ3) is 3.81.